The van der Waals surface area contributed by atoms with Gasteiger partial charge >= 0.3 is 5.96 Å². The largest absolute Gasteiger partial charge is 0.726 e. The summed E-state index contributed by atoms with van der Waals surface area (Å²) in [7, 11) is -4.92. The summed E-state index contributed by atoms with van der Waals surface area (Å²) in [5.74, 6) is -0.309. The normalized spacial score (nSPS) is 11.0. The minimum absolute atomic E-state index is 0. The maximum Gasteiger partial charge on any atom is 0.338 e. The van der Waals surface area contributed by atoms with Gasteiger partial charge in [0.25, 0.3) is 0 Å². The molecule has 1 aromatic carbocycles. The fourth-order valence-corrected chi connectivity index (χ4v) is 1.40. The average Bonchev–Trinajstić information content (AvgIpc) is 2.39. The minimum Gasteiger partial charge on any atom is -0.726 e. The minimum atomic E-state index is -4.92. The molecule has 0 spiro atoms. The van der Waals surface area contributed by atoms with Gasteiger partial charge in [-0.3, -0.25) is 21.0 Å². The number of nitrogens with one attached hydrogen (secondary N) is 2. The third kappa shape index (κ3) is 16.4. The van der Waals surface area contributed by atoms with Crippen molar-refractivity contribution in [3.05, 3.63) is 23.8 Å². The highest BCUT2D eigenvalue weighted by molar-refractivity contribution is 7.79. The molecule has 148 valence electrons. The third-order valence-corrected chi connectivity index (χ3v) is 2.35. The lowest BCUT2D eigenvalue weighted by Gasteiger charge is -2.12. The molecule has 0 bridgehead atoms. The number of rotatable bonds is 6. The van der Waals surface area contributed by atoms with Crippen molar-refractivity contribution in [3.63, 3.8) is 0 Å². The molecule has 0 aliphatic carbocycles. The van der Waals surface area contributed by atoms with E-state index in [2.05, 4.69) is 10.3 Å². The molecule has 0 aliphatic rings. The van der Waals surface area contributed by atoms with Crippen LogP contribution in [0.1, 0.15) is 11.7 Å². The van der Waals surface area contributed by atoms with E-state index in [1.165, 1.54) is 12.1 Å². The highest BCUT2D eigenvalue weighted by Gasteiger charge is 2.09. The fourth-order valence-electron chi connectivity index (χ4n) is 1.40. The molecule has 1 rings (SSSR count). The Morgan fingerprint density at radius 3 is 2.20 bits per heavy atom. The Labute approximate surface area is 143 Å². The summed E-state index contributed by atoms with van der Waals surface area (Å²) < 4.78 is 32.8. The van der Waals surface area contributed by atoms with Crippen LogP contribution in [0.4, 0.5) is 0 Å². The number of hydrogen-bond donors (Lipinski definition) is 8. The Balaban J connectivity index is -0.000000610. The van der Waals surface area contributed by atoms with Crippen LogP contribution < -0.4 is 21.8 Å². The van der Waals surface area contributed by atoms with E-state index in [4.69, 9.17) is 34.1 Å². The molecule has 0 saturated heterocycles. The van der Waals surface area contributed by atoms with Gasteiger partial charge in [0.05, 0.1) is 12.6 Å². The maximum absolute atomic E-state index is 9.81. The molecular formula is C11H24N4O9S. The van der Waals surface area contributed by atoms with E-state index in [1.807, 2.05) is 0 Å². The standard InChI is InChI=1S/C11H18N4O3.H2O4S.2H2O/c12-11(13)15-4-3-14-6-10(18)7-1-2-8(16)9(17)5-7;1-5(2,3)4;;/h1-2,5,10,14,16-18H,3-4,6H2,(H4,12,13,15);(H2,1,2,3,4);2*1H2. The molecule has 0 amide bonds. The van der Waals surface area contributed by atoms with E-state index in [1.54, 1.807) is 6.07 Å². The van der Waals surface area contributed by atoms with Crippen LogP contribution in [-0.4, -0.2) is 69.4 Å². The highest BCUT2D eigenvalue weighted by Crippen LogP contribution is 2.27. The number of benzene rings is 1. The number of phenols is 2. The van der Waals surface area contributed by atoms with Crippen molar-refractivity contribution in [2.45, 2.75) is 6.10 Å². The van der Waals surface area contributed by atoms with Crippen LogP contribution in [0.5, 0.6) is 11.5 Å². The van der Waals surface area contributed by atoms with Crippen LogP contribution in [0, 0.1) is 0 Å². The summed E-state index contributed by atoms with van der Waals surface area (Å²) >= 11 is 0. The number of aliphatic hydroxyl groups is 1. The molecule has 0 saturated carbocycles. The highest BCUT2D eigenvalue weighted by atomic mass is 32.3. The van der Waals surface area contributed by atoms with Gasteiger partial charge in [0.1, 0.15) is 0 Å². The number of nitrogens with two attached hydrogens (primary N) is 2. The molecule has 1 aromatic rings. The van der Waals surface area contributed by atoms with Crippen molar-refractivity contribution < 1.29 is 48.8 Å². The summed E-state index contributed by atoms with van der Waals surface area (Å²) in [6.45, 7) is 1.45. The molecule has 0 aromatic heterocycles. The predicted octanol–water partition coefficient (Wildman–Crippen LogP) is -5.57. The summed E-state index contributed by atoms with van der Waals surface area (Å²) in [5.41, 5.74) is 10.9. The second kappa shape index (κ2) is 13.1. The van der Waals surface area contributed by atoms with Crippen LogP contribution in [0.2, 0.25) is 0 Å². The Kier molecular flexibility index (Phi) is 14.5. The van der Waals surface area contributed by atoms with E-state index in [0.29, 0.717) is 25.2 Å². The zero-order valence-electron chi connectivity index (χ0n) is 13.0. The van der Waals surface area contributed by atoms with Gasteiger partial charge < -0.3 is 36.1 Å². The molecular weight excluding hydrogens is 364 g/mol. The Bertz CT molecular complexity index is 612. The first kappa shape index (κ1) is 27.6. The van der Waals surface area contributed by atoms with E-state index >= 15 is 0 Å². The van der Waals surface area contributed by atoms with Crippen molar-refractivity contribution in [2.24, 2.45) is 11.5 Å². The molecule has 1 atom stereocenters. The van der Waals surface area contributed by atoms with Gasteiger partial charge in [0.2, 0.25) is 10.4 Å². The Hall–Kier alpha value is -2.20. The maximum atomic E-state index is 9.81. The average molecular weight is 388 g/mol. The van der Waals surface area contributed by atoms with Crippen LogP contribution in [0.15, 0.2) is 18.2 Å². The molecule has 0 heterocycles. The summed E-state index contributed by atoms with van der Waals surface area (Å²) in [6, 6.07) is 4.20. The zero-order valence-corrected chi connectivity index (χ0v) is 13.8. The van der Waals surface area contributed by atoms with E-state index in [0.717, 1.165) is 0 Å². The van der Waals surface area contributed by atoms with E-state index in [9.17, 15) is 10.2 Å². The number of guanidine groups is 1. The van der Waals surface area contributed by atoms with Gasteiger partial charge in [0.15, 0.2) is 11.5 Å². The Morgan fingerprint density at radius 2 is 1.76 bits per heavy atom. The second-order valence-electron chi connectivity index (χ2n) is 4.28. The van der Waals surface area contributed by atoms with Gasteiger partial charge in [0, 0.05) is 13.1 Å². The smallest absolute Gasteiger partial charge is 0.338 e. The fraction of sp³-hybridized carbons (Fsp3) is 0.364. The quantitative estimate of drug-likeness (QED) is 0.0570. The van der Waals surface area contributed by atoms with Gasteiger partial charge in [-0.25, -0.2) is 8.42 Å². The Morgan fingerprint density at radius 1 is 1.24 bits per heavy atom. The molecule has 25 heavy (non-hydrogen) atoms. The lowest BCUT2D eigenvalue weighted by molar-refractivity contribution is -0.456. The molecule has 13 nitrogen and oxygen atoms in total. The van der Waals surface area contributed by atoms with Crippen molar-refractivity contribution in [1.29, 1.82) is 0 Å². The first-order valence-corrected chi connectivity index (χ1v) is 7.58. The summed E-state index contributed by atoms with van der Waals surface area (Å²) in [6.07, 6.45) is -0.768. The molecule has 14 heteroatoms. The van der Waals surface area contributed by atoms with E-state index < -0.39 is 16.5 Å². The molecule has 0 aliphatic heterocycles. The van der Waals surface area contributed by atoms with Gasteiger partial charge in [-0.05, 0) is 17.7 Å². The van der Waals surface area contributed by atoms with Crippen molar-refractivity contribution in [1.82, 2.24) is 5.32 Å². The molecule has 0 fully saturated rings. The molecule has 0 radical (unpaired) electrons. The van der Waals surface area contributed by atoms with Crippen molar-refractivity contribution in [2.75, 3.05) is 19.6 Å². The van der Waals surface area contributed by atoms with Gasteiger partial charge in [-0.1, -0.05) is 6.07 Å². The van der Waals surface area contributed by atoms with Gasteiger partial charge in [-0.15, -0.1) is 0 Å². The topological polar surface area (TPSA) is 279 Å². The number of aliphatic hydroxyl groups excluding tert-OH is 1. The first-order valence-electron chi connectivity index (χ1n) is 6.21. The van der Waals surface area contributed by atoms with Crippen molar-refractivity contribution >= 4 is 16.4 Å². The summed E-state index contributed by atoms with van der Waals surface area (Å²) in [4.78, 5) is 2.73. The molecule has 1 unspecified atom stereocenters. The third-order valence-electron chi connectivity index (χ3n) is 2.35. The SMILES string of the molecule is NC(N)=[NH+]CCNCC(O)c1ccc(O)c(O)c1.O.O.O=S(=O)([O-])O. The lowest BCUT2D eigenvalue weighted by Crippen LogP contribution is -2.79. The van der Waals surface area contributed by atoms with Crippen LogP contribution in [0.3, 0.4) is 0 Å². The van der Waals surface area contributed by atoms with E-state index in [-0.39, 0.29) is 28.4 Å². The van der Waals surface area contributed by atoms with Gasteiger partial charge in [-0.2, -0.15) is 0 Å². The van der Waals surface area contributed by atoms with Crippen LogP contribution in [-0.2, 0) is 10.4 Å². The lowest BCUT2D eigenvalue weighted by atomic mass is 10.1. The summed E-state index contributed by atoms with van der Waals surface area (Å²) in [5, 5.41) is 31.2. The number of aromatic hydroxyl groups is 2. The monoisotopic (exact) mass is 388 g/mol. The zero-order chi connectivity index (χ0) is 18.0. The number of hydrogen-bond acceptors (Lipinski definition) is 7. The van der Waals surface area contributed by atoms with Crippen LogP contribution >= 0.6 is 0 Å². The second-order valence-corrected chi connectivity index (χ2v) is 5.13. The van der Waals surface area contributed by atoms with Crippen LogP contribution in [0.25, 0.3) is 0 Å². The molecule has 14 N–H and O–H groups in total. The van der Waals surface area contributed by atoms with Crippen molar-refractivity contribution in [3.8, 4) is 11.5 Å². The predicted molar refractivity (Wildman–Crippen MR) is 86.4 cm³/mol. The first-order chi connectivity index (χ1) is 10.5. The number of phenolic OH excluding ortho intramolecular Hbond substituents is 2.